The van der Waals surface area contributed by atoms with Crippen molar-refractivity contribution < 1.29 is 24.6 Å². The van der Waals surface area contributed by atoms with Crippen molar-refractivity contribution in [1.82, 2.24) is 14.7 Å². The number of aliphatic hydroxyl groups excluding tert-OH is 1. The summed E-state index contributed by atoms with van der Waals surface area (Å²) in [5, 5.41) is 22.4. The number of rotatable bonds is 2. The number of amides is 3. The van der Waals surface area contributed by atoms with Crippen LogP contribution in [0.1, 0.15) is 35.8 Å². The normalized spacial score (nSPS) is 19.6. The lowest BCUT2D eigenvalue weighted by molar-refractivity contribution is -0.148. The van der Waals surface area contributed by atoms with Crippen LogP contribution in [0.25, 0.3) is 0 Å². The van der Waals surface area contributed by atoms with E-state index in [9.17, 15) is 19.5 Å². The van der Waals surface area contributed by atoms with Crippen LogP contribution in [0.4, 0.5) is 4.79 Å². The van der Waals surface area contributed by atoms with Crippen LogP contribution in [0.5, 0.6) is 0 Å². The number of piperidine rings is 1. The van der Waals surface area contributed by atoms with Crippen molar-refractivity contribution in [3.8, 4) is 0 Å². The topological polar surface area (TPSA) is 113 Å². The maximum absolute atomic E-state index is 12.1. The number of hydrogen-bond donors (Lipinski definition) is 2. The standard InChI is InChI=1S/C12H15N3O5/c1-6-8(5-16)7(2)15(13-6)9-3-4-10(17)14(11(9)18)12(19)20/h9,16H,3-5H2,1-2H3,(H,19,20). The van der Waals surface area contributed by atoms with Gasteiger partial charge in [-0.3, -0.25) is 14.3 Å². The Morgan fingerprint density at radius 1 is 1.40 bits per heavy atom. The van der Waals surface area contributed by atoms with Gasteiger partial charge in [0.1, 0.15) is 6.04 Å². The van der Waals surface area contributed by atoms with Gasteiger partial charge in [-0.15, -0.1) is 0 Å². The van der Waals surface area contributed by atoms with Gasteiger partial charge in [0, 0.05) is 17.7 Å². The maximum atomic E-state index is 12.1. The number of hydrogen-bond acceptors (Lipinski definition) is 5. The molecule has 0 aromatic carbocycles. The van der Waals surface area contributed by atoms with E-state index in [1.807, 2.05) is 0 Å². The van der Waals surface area contributed by atoms with Crippen molar-refractivity contribution in [2.45, 2.75) is 39.3 Å². The summed E-state index contributed by atoms with van der Waals surface area (Å²) in [7, 11) is 0. The minimum Gasteiger partial charge on any atom is -0.464 e. The molecule has 108 valence electrons. The van der Waals surface area contributed by atoms with Gasteiger partial charge in [0.2, 0.25) is 5.91 Å². The molecule has 1 aliphatic heterocycles. The number of imide groups is 3. The minimum absolute atomic E-state index is 0.0322. The van der Waals surface area contributed by atoms with Crippen LogP contribution in [0.15, 0.2) is 0 Å². The Bertz CT molecular complexity index is 592. The molecule has 1 unspecified atom stereocenters. The Hall–Kier alpha value is -2.22. The number of aryl methyl sites for hydroxylation is 1. The average Bonchev–Trinajstić information content (AvgIpc) is 2.64. The van der Waals surface area contributed by atoms with Crippen molar-refractivity contribution in [3.63, 3.8) is 0 Å². The zero-order chi connectivity index (χ0) is 15.0. The number of carbonyl (C=O) groups is 3. The molecule has 2 N–H and O–H groups in total. The van der Waals surface area contributed by atoms with Crippen LogP contribution in [0.3, 0.4) is 0 Å². The summed E-state index contributed by atoms with van der Waals surface area (Å²) >= 11 is 0. The lowest BCUT2D eigenvalue weighted by Crippen LogP contribution is -2.48. The highest BCUT2D eigenvalue weighted by Gasteiger charge is 2.40. The first-order valence-corrected chi connectivity index (χ1v) is 6.13. The predicted molar refractivity (Wildman–Crippen MR) is 65.8 cm³/mol. The Balaban J connectivity index is 2.41. The van der Waals surface area contributed by atoms with Crippen LogP contribution >= 0.6 is 0 Å². The SMILES string of the molecule is Cc1nn(C2CCC(=O)N(C(=O)O)C2=O)c(C)c1CO. The third-order valence-electron chi connectivity index (χ3n) is 3.51. The fourth-order valence-electron chi connectivity index (χ4n) is 2.42. The van der Waals surface area contributed by atoms with E-state index in [-0.39, 0.29) is 24.3 Å². The van der Waals surface area contributed by atoms with Crippen LogP contribution in [0.2, 0.25) is 0 Å². The molecule has 1 aliphatic rings. The zero-order valence-electron chi connectivity index (χ0n) is 11.2. The molecule has 0 radical (unpaired) electrons. The van der Waals surface area contributed by atoms with Gasteiger partial charge < -0.3 is 10.2 Å². The third kappa shape index (κ3) is 2.07. The van der Waals surface area contributed by atoms with Crippen molar-refractivity contribution in [3.05, 3.63) is 17.0 Å². The zero-order valence-corrected chi connectivity index (χ0v) is 11.2. The Kier molecular flexibility index (Phi) is 3.58. The van der Waals surface area contributed by atoms with Gasteiger partial charge in [0.25, 0.3) is 5.91 Å². The van der Waals surface area contributed by atoms with Crippen LogP contribution < -0.4 is 0 Å². The van der Waals surface area contributed by atoms with E-state index in [0.29, 0.717) is 17.0 Å². The smallest absolute Gasteiger partial charge is 0.421 e. The van der Waals surface area contributed by atoms with Gasteiger partial charge in [-0.05, 0) is 20.3 Å². The van der Waals surface area contributed by atoms with Gasteiger partial charge in [-0.1, -0.05) is 0 Å². The number of carbonyl (C=O) groups excluding carboxylic acids is 2. The van der Waals surface area contributed by atoms with Crippen LogP contribution in [-0.2, 0) is 16.2 Å². The number of nitrogens with zero attached hydrogens (tertiary/aromatic N) is 3. The molecule has 0 saturated carbocycles. The second-order valence-corrected chi connectivity index (χ2v) is 4.66. The predicted octanol–water partition coefficient (Wildman–Crippen LogP) is 0.360. The molecule has 2 rings (SSSR count). The first kappa shape index (κ1) is 14.2. The first-order chi connectivity index (χ1) is 9.38. The largest absolute Gasteiger partial charge is 0.464 e. The number of likely N-dealkylation sites (tertiary alicyclic amines) is 1. The molecule has 1 atom stereocenters. The van der Waals surface area contributed by atoms with Crippen molar-refractivity contribution in [2.24, 2.45) is 0 Å². The molecular formula is C12H15N3O5. The Labute approximate surface area is 114 Å². The quantitative estimate of drug-likeness (QED) is 0.757. The summed E-state index contributed by atoms with van der Waals surface area (Å²) in [6.07, 6.45) is -1.40. The van der Waals surface area contributed by atoms with Crippen molar-refractivity contribution in [2.75, 3.05) is 0 Å². The third-order valence-corrected chi connectivity index (χ3v) is 3.51. The van der Waals surface area contributed by atoms with E-state index >= 15 is 0 Å². The molecule has 1 saturated heterocycles. The molecule has 8 heteroatoms. The lowest BCUT2D eigenvalue weighted by atomic mass is 10.0. The van der Waals surface area contributed by atoms with Crippen molar-refractivity contribution >= 4 is 17.9 Å². The second-order valence-electron chi connectivity index (χ2n) is 4.66. The number of carboxylic acid groups (broad SMARTS) is 1. The Morgan fingerprint density at radius 2 is 2.05 bits per heavy atom. The average molecular weight is 281 g/mol. The number of aromatic nitrogens is 2. The van der Waals surface area contributed by atoms with Gasteiger partial charge in [0.15, 0.2) is 0 Å². The summed E-state index contributed by atoms with van der Waals surface area (Å²) < 4.78 is 1.39. The van der Waals surface area contributed by atoms with E-state index in [1.165, 1.54) is 4.68 Å². The van der Waals surface area contributed by atoms with E-state index < -0.39 is 23.9 Å². The minimum atomic E-state index is -1.58. The fourth-order valence-corrected chi connectivity index (χ4v) is 2.42. The van der Waals surface area contributed by atoms with Gasteiger partial charge in [-0.2, -0.15) is 10.00 Å². The second kappa shape index (κ2) is 5.04. The molecule has 0 bridgehead atoms. The van der Waals surface area contributed by atoms with Crippen LogP contribution in [-0.4, -0.2) is 42.8 Å². The highest BCUT2D eigenvalue weighted by Crippen LogP contribution is 2.27. The van der Waals surface area contributed by atoms with Crippen molar-refractivity contribution in [1.29, 1.82) is 0 Å². The first-order valence-electron chi connectivity index (χ1n) is 6.13. The summed E-state index contributed by atoms with van der Waals surface area (Å²) in [4.78, 5) is 34.8. The van der Waals surface area contributed by atoms with E-state index in [1.54, 1.807) is 13.8 Å². The van der Waals surface area contributed by atoms with E-state index in [0.717, 1.165) is 0 Å². The number of aliphatic hydroxyl groups is 1. The molecule has 2 heterocycles. The Morgan fingerprint density at radius 3 is 2.55 bits per heavy atom. The monoisotopic (exact) mass is 281 g/mol. The molecule has 1 fully saturated rings. The van der Waals surface area contributed by atoms with Crippen LogP contribution in [0, 0.1) is 13.8 Å². The molecule has 1 aromatic heterocycles. The van der Waals surface area contributed by atoms with E-state index in [4.69, 9.17) is 5.11 Å². The molecular weight excluding hydrogens is 266 g/mol. The van der Waals surface area contributed by atoms with E-state index in [2.05, 4.69) is 5.10 Å². The summed E-state index contributed by atoms with van der Waals surface area (Å²) in [6.45, 7) is 3.18. The highest BCUT2D eigenvalue weighted by molar-refractivity contribution is 6.10. The highest BCUT2D eigenvalue weighted by atomic mass is 16.4. The van der Waals surface area contributed by atoms with Gasteiger partial charge in [-0.25, -0.2) is 4.79 Å². The molecule has 1 aromatic rings. The summed E-state index contributed by atoms with van der Waals surface area (Å²) in [5.41, 5.74) is 1.79. The fraction of sp³-hybridized carbons (Fsp3) is 0.500. The lowest BCUT2D eigenvalue weighted by Gasteiger charge is -2.28. The molecule has 3 amide bonds. The molecule has 0 spiro atoms. The molecule has 20 heavy (non-hydrogen) atoms. The molecule has 8 nitrogen and oxygen atoms in total. The summed E-state index contributed by atoms with van der Waals surface area (Å²) in [5.74, 6) is -1.52. The maximum Gasteiger partial charge on any atom is 0.421 e. The molecule has 0 aliphatic carbocycles. The van der Waals surface area contributed by atoms with Gasteiger partial charge >= 0.3 is 6.09 Å². The summed E-state index contributed by atoms with van der Waals surface area (Å²) in [6, 6.07) is -0.831. The van der Waals surface area contributed by atoms with Gasteiger partial charge in [0.05, 0.1) is 12.3 Å².